The molecule has 0 spiro atoms. The van der Waals surface area contributed by atoms with E-state index in [9.17, 15) is 0 Å². The second-order valence-corrected chi connectivity index (χ2v) is 4.36. The minimum absolute atomic E-state index is 0.633. The Morgan fingerprint density at radius 2 is 1.94 bits per heavy atom. The van der Waals surface area contributed by atoms with Crippen molar-refractivity contribution in [1.29, 1.82) is 0 Å². The number of hydrogen-bond donors (Lipinski definition) is 0. The number of rotatable bonds is 2. The van der Waals surface area contributed by atoms with Crippen molar-refractivity contribution in [1.82, 2.24) is 20.1 Å². The SMILES string of the molecule is Cc1c[n+]2c(nnn2Cc2ccccc2)nc1C. The van der Waals surface area contributed by atoms with Gasteiger partial charge >= 0.3 is 5.78 Å². The maximum absolute atomic E-state index is 4.41. The van der Waals surface area contributed by atoms with Crippen LogP contribution in [0.5, 0.6) is 0 Å². The summed E-state index contributed by atoms with van der Waals surface area (Å²) in [7, 11) is 0. The fraction of sp³-hybridized carbons (Fsp3) is 0.231. The Morgan fingerprint density at radius 1 is 1.17 bits per heavy atom. The summed E-state index contributed by atoms with van der Waals surface area (Å²) >= 11 is 0. The Labute approximate surface area is 105 Å². The van der Waals surface area contributed by atoms with Crippen molar-refractivity contribution >= 4 is 5.78 Å². The molecule has 3 rings (SSSR count). The lowest BCUT2D eigenvalue weighted by atomic mass is 10.2. The molecule has 2 heterocycles. The molecular formula is C13H14N5+. The van der Waals surface area contributed by atoms with Gasteiger partial charge in [0.1, 0.15) is 17.5 Å². The third kappa shape index (κ3) is 1.84. The first kappa shape index (κ1) is 10.8. The van der Waals surface area contributed by atoms with E-state index in [1.807, 2.05) is 47.6 Å². The maximum Gasteiger partial charge on any atom is 0.441 e. The van der Waals surface area contributed by atoms with Crippen molar-refractivity contribution in [3.63, 3.8) is 0 Å². The number of nitrogens with zero attached hydrogens (tertiary/aromatic N) is 5. The van der Waals surface area contributed by atoms with Gasteiger partial charge in [0, 0.05) is 5.56 Å². The molecule has 0 aliphatic carbocycles. The van der Waals surface area contributed by atoms with Gasteiger partial charge in [0.05, 0.1) is 11.3 Å². The average molecular weight is 240 g/mol. The normalized spacial score (nSPS) is 11.0. The number of benzene rings is 1. The van der Waals surface area contributed by atoms with E-state index in [1.165, 1.54) is 5.56 Å². The first-order valence-electron chi connectivity index (χ1n) is 5.87. The molecule has 0 aliphatic rings. The molecule has 90 valence electrons. The van der Waals surface area contributed by atoms with E-state index in [4.69, 9.17) is 0 Å². The van der Waals surface area contributed by atoms with Crippen LogP contribution in [0.3, 0.4) is 0 Å². The average Bonchev–Trinajstić information content (AvgIpc) is 2.74. The van der Waals surface area contributed by atoms with E-state index in [0.717, 1.165) is 11.3 Å². The lowest BCUT2D eigenvalue weighted by Gasteiger charge is -1.99. The van der Waals surface area contributed by atoms with Gasteiger partial charge in [-0.05, 0) is 19.4 Å². The smallest absolute Gasteiger partial charge is 0.124 e. The highest BCUT2D eigenvalue weighted by atomic mass is 15.6. The molecule has 0 atom stereocenters. The molecule has 18 heavy (non-hydrogen) atoms. The molecule has 1 aromatic carbocycles. The van der Waals surface area contributed by atoms with Crippen molar-refractivity contribution in [2.45, 2.75) is 20.4 Å². The molecule has 5 nitrogen and oxygen atoms in total. The fourth-order valence-electron chi connectivity index (χ4n) is 1.85. The van der Waals surface area contributed by atoms with E-state index in [0.29, 0.717) is 12.3 Å². The Balaban J connectivity index is 2.05. The van der Waals surface area contributed by atoms with Crippen LogP contribution in [0.4, 0.5) is 0 Å². The molecule has 0 bridgehead atoms. The van der Waals surface area contributed by atoms with Crippen molar-refractivity contribution in [3.05, 3.63) is 53.3 Å². The summed E-state index contributed by atoms with van der Waals surface area (Å²) in [5.41, 5.74) is 3.31. The second kappa shape index (κ2) is 4.18. The number of aromatic nitrogens is 5. The summed E-state index contributed by atoms with van der Waals surface area (Å²) in [5, 5.41) is 8.22. The minimum atomic E-state index is 0.633. The summed E-state index contributed by atoms with van der Waals surface area (Å²) in [5.74, 6) is 0.633. The van der Waals surface area contributed by atoms with E-state index < -0.39 is 0 Å². The fourth-order valence-corrected chi connectivity index (χ4v) is 1.85. The number of fused-ring (bicyclic) bond motifs is 1. The highest BCUT2D eigenvalue weighted by Crippen LogP contribution is 2.02. The van der Waals surface area contributed by atoms with Crippen LogP contribution in [-0.4, -0.2) is 20.1 Å². The molecule has 0 unspecified atom stereocenters. The number of tetrazole rings is 1. The number of aryl methyl sites for hydroxylation is 2. The molecule has 0 aliphatic heterocycles. The van der Waals surface area contributed by atoms with Gasteiger partial charge < -0.3 is 0 Å². The zero-order valence-electron chi connectivity index (χ0n) is 10.4. The van der Waals surface area contributed by atoms with Crippen molar-refractivity contribution in [2.24, 2.45) is 0 Å². The zero-order chi connectivity index (χ0) is 12.5. The van der Waals surface area contributed by atoms with E-state index >= 15 is 0 Å². The van der Waals surface area contributed by atoms with Gasteiger partial charge in [0.25, 0.3) is 0 Å². The molecule has 0 saturated carbocycles. The lowest BCUT2D eigenvalue weighted by Crippen LogP contribution is -2.35. The van der Waals surface area contributed by atoms with Crippen LogP contribution in [0.15, 0.2) is 36.5 Å². The molecule has 0 amide bonds. The first-order chi connectivity index (χ1) is 8.74. The van der Waals surface area contributed by atoms with Gasteiger partial charge in [-0.3, -0.25) is 0 Å². The standard InChI is InChI=1S/C13H14N5/c1-10-8-17-13(14-11(10)2)15-16-18(17)9-12-6-4-3-5-7-12/h3-8H,9H2,1-2H3/q+1. The van der Waals surface area contributed by atoms with Gasteiger partial charge in [-0.1, -0.05) is 35.1 Å². The summed E-state index contributed by atoms with van der Waals surface area (Å²) < 4.78 is 1.88. The highest BCUT2D eigenvalue weighted by Gasteiger charge is 2.15. The lowest BCUT2D eigenvalue weighted by molar-refractivity contribution is -0.618. The van der Waals surface area contributed by atoms with E-state index in [-0.39, 0.29) is 0 Å². The van der Waals surface area contributed by atoms with Crippen LogP contribution in [0.1, 0.15) is 16.8 Å². The van der Waals surface area contributed by atoms with Gasteiger partial charge in [-0.2, -0.15) is 0 Å². The second-order valence-electron chi connectivity index (χ2n) is 4.36. The quantitative estimate of drug-likeness (QED) is 0.630. The molecular weight excluding hydrogens is 226 g/mol. The highest BCUT2D eigenvalue weighted by molar-refractivity contribution is 5.20. The topological polar surface area (TPSA) is 47.7 Å². The van der Waals surface area contributed by atoms with Gasteiger partial charge in [-0.25, -0.2) is 0 Å². The molecule has 5 heteroatoms. The molecule has 0 N–H and O–H groups in total. The van der Waals surface area contributed by atoms with Crippen molar-refractivity contribution < 1.29 is 4.52 Å². The maximum atomic E-state index is 4.41. The van der Waals surface area contributed by atoms with Crippen LogP contribution < -0.4 is 4.52 Å². The van der Waals surface area contributed by atoms with Crippen molar-refractivity contribution in [3.8, 4) is 0 Å². The van der Waals surface area contributed by atoms with Crippen LogP contribution in [-0.2, 0) is 6.54 Å². The Kier molecular flexibility index (Phi) is 2.51. The summed E-state index contributed by atoms with van der Waals surface area (Å²) in [6.45, 7) is 4.70. The van der Waals surface area contributed by atoms with Crippen molar-refractivity contribution in [2.75, 3.05) is 0 Å². The summed E-state index contributed by atoms with van der Waals surface area (Å²) in [6, 6.07) is 10.2. The van der Waals surface area contributed by atoms with Crippen LogP contribution >= 0.6 is 0 Å². The van der Waals surface area contributed by atoms with Crippen LogP contribution in [0, 0.1) is 13.8 Å². The van der Waals surface area contributed by atoms with Crippen LogP contribution in [0.2, 0.25) is 0 Å². The Morgan fingerprint density at radius 3 is 2.72 bits per heavy atom. The molecule has 3 aromatic rings. The molecule has 0 fully saturated rings. The monoisotopic (exact) mass is 240 g/mol. The Bertz CT molecular complexity index is 687. The predicted molar refractivity (Wildman–Crippen MR) is 66.0 cm³/mol. The minimum Gasteiger partial charge on any atom is -0.124 e. The summed E-state index contributed by atoms with van der Waals surface area (Å²) in [6.07, 6.45) is 2.01. The first-order valence-corrected chi connectivity index (χ1v) is 5.87. The zero-order valence-corrected chi connectivity index (χ0v) is 10.4. The predicted octanol–water partition coefficient (Wildman–Crippen LogP) is 1.08. The summed E-state index contributed by atoms with van der Waals surface area (Å²) in [4.78, 5) is 6.22. The molecule has 2 aromatic heterocycles. The van der Waals surface area contributed by atoms with Gasteiger partial charge in [-0.15, -0.1) is 9.50 Å². The van der Waals surface area contributed by atoms with Crippen LogP contribution in [0.25, 0.3) is 5.78 Å². The molecule has 0 radical (unpaired) electrons. The number of hydrogen-bond acceptors (Lipinski definition) is 3. The van der Waals surface area contributed by atoms with E-state index in [2.05, 4.69) is 27.4 Å². The van der Waals surface area contributed by atoms with Gasteiger partial charge in [0.2, 0.25) is 0 Å². The molecule has 0 saturated heterocycles. The van der Waals surface area contributed by atoms with E-state index in [1.54, 1.807) is 0 Å². The van der Waals surface area contributed by atoms with Gasteiger partial charge in [0.15, 0.2) is 0 Å². The largest absolute Gasteiger partial charge is 0.441 e. The third-order valence-electron chi connectivity index (χ3n) is 3.01. The Hall–Kier alpha value is -2.30. The third-order valence-corrected chi connectivity index (χ3v) is 3.01.